The van der Waals surface area contributed by atoms with Crippen LogP contribution in [0.25, 0.3) is 0 Å². The zero-order valence-corrected chi connectivity index (χ0v) is 11.2. The second kappa shape index (κ2) is 7.10. The predicted octanol–water partition coefficient (Wildman–Crippen LogP) is 2.22. The quantitative estimate of drug-likeness (QED) is 0.760. The minimum Gasteiger partial charge on any atom is -0.389 e. The van der Waals surface area contributed by atoms with Gasteiger partial charge in [0.15, 0.2) is 0 Å². The molecule has 0 bridgehead atoms. The third-order valence-corrected chi connectivity index (χ3v) is 3.25. The van der Waals surface area contributed by atoms with Gasteiger partial charge in [-0.25, -0.2) is 0 Å². The fourth-order valence-corrected chi connectivity index (χ4v) is 1.85. The molecule has 1 aromatic rings. The molecule has 1 aromatic carbocycles. The summed E-state index contributed by atoms with van der Waals surface area (Å²) in [6.07, 6.45) is 2.22. The van der Waals surface area contributed by atoms with Crippen LogP contribution in [0.1, 0.15) is 18.4 Å². The van der Waals surface area contributed by atoms with Gasteiger partial charge in [-0.3, -0.25) is 0 Å². The number of aliphatic hydroxyl groups is 1. The fourth-order valence-electron chi connectivity index (χ4n) is 1.73. The highest BCUT2D eigenvalue weighted by atomic mass is 35.5. The molecular weight excluding hydrogens is 250 g/mol. The number of rotatable bonds is 8. The zero-order chi connectivity index (χ0) is 12.8. The second-order valence-corrected chi connectivity index (χ2v) is 5.33. The SMILES string of the molecule is OC(CNCC1CC1)COCc1ccc(Cl)cc1. The Balaban J connectivity index is 1.54. The molecule has 1 unspecified atom stereocenters. The van der Waals surface area contributed by atoms with Gasteiger partial charge < -0.3 is 15.2 Å². The van der Waals surface area contributed by atoms with E-state index in [0.29, 0.717) is 19.8 Å². The summed E-state index contributed by atoms with van der Waals surface area (Å²) in [5.41, 5.74) is 1.07. The van der Waals surface area contributed by atoms with E-state index in [0.717, 1.165) is 23.0 Å². The minimum absolute atomic E-state index is 0.361. The molecule has 0 aliphatic heterocycles. The van der Waals surface area contributed by atoms with Gasteiger partial charge in [0.1, 0.15) is 0 Å². The lowest BCUT2D eigenvalue weighted by Crippen LogP contribution is -2.31. The lowest BCUT2D eigenvalue weighted by atomic mass is 10.2. The van der Waals surface area contributed by atoms with E-state index in [1.807, 2.05) is 24.3 Å². The molecular formula is C14H20ClNO2. The summed E-state index contributed by atoms with van der Waals surface area (Å²) in [4.78, 5) is 0. The van der Waals surface area contributed by atoms with Crippen LogP contribution in [0.5, 0.6) is 0 Å². The number of aliphatic hydroxyl groups excluding tert-OH is 1. The van der Waals surface area contributed by atoms with E-state index in [1.165, 1.54) is 12.8 Å². The van der Waals surface area contributed by atoms with E-state index >= 15 is 0 Å². The summed E-state index contributed by atoms with van der Waals surface area (Å²) < 4.78 is 5.46. The van der Waals surface area contributed by atoms with Gasteiger partial charge in [0.05, 0.1) is 19.3 Å². The molecule has 4 heteroatoms. The van der Waals surface area contributed by atoms with E-state index in [9.17, 15) is 5.11 Å². The number of nitrogens with one attached hydrogen (secondary N) is 1. The highest BCUT2D eigenvalue weighted by molar-refractivity contribution is 6.30. The highest BCUT2D eigenvalue weighted by Gasteiger charge is 2.20. The summed E-state index contributed by atoms with van der Waals surface area (Å²) in [6, 6.07) is 7.54. The molecule has 100 valence electrons. The Kier molecular flexibility index (Phi) is 5.45. The van der Waals surface area contributed by atoms with Crippen molar-refractivity contribution < 1.29 is 9.84 Å². The second-order valence-electron chi connectivity index (χ2n) is 4.90. The van der Waals surface area contributed by atoms with Crippen molar-refractivity contribution in [2.45, 2.75) is 25.6 Å². The van der Waals surface area contributed by atoms with Crippen LogP contribution < -0.4 is 5.32 Å². The highest BCUT2D eigenvalue weighted by Crippen LogP contribution is 2.27. The predicted molar refractivity (Wildman–Crippen MR) is 72.7 cm³/mol. The summed E-state index contributed by atoms with van der Waals surface area (Å²) in [7, 11) is 0. The Morgan fingerprint density at radius 2 is 2.06 bits per heavy atom. The van der Waals surface area contributed by atoms with Crippen LogP contribution in [0.4, 0.5) is 0 Å². The molecule has 2 N–H and O–H groups in total. The van der Waals surface area contributed by atoms with Gasteiger partial charge in [-0.05, 0) is 43.0 Å². The van der Waals surface area contributed by atoms with Gasteiger partial charge in [-0.2, -0.15) is 0 Å². The number of ether oxygens (including phenoxy) is 1. The third kappa shape index (κ3) is 5.36. The lowest BCUT2D eigenvalue weighted by molar-refractivity contribution is 0.0288. The molecule has 1 atom stereocenters. The maximum atomic E-state index is 9.70. The summed E-state index contributed by atoms with van der Waals surface area (Å²) in [6.45, 7) is 2.50. The first kappa shape index (κ1) is 13.8. The minimum atomic E-state index is -0.434. The van der Waals surface area contributed by atoms with Crippen molar-refractivity contribution in [1.82, 2.24) is 5.32 Å². The standard InChI is InChI=1S/C14H20ClNO2/c15-13-5-3-12(4-6-13)9-18-10-14(17)8-16-7-11-1-2-11/h3-6,11,14,16-17H,1-2,7-10H2. The molecule has 18 heavy (non-hydrogen) atoms. The molecule has 0 radical (unpaired) electrons. The summed E-state index contributed by atoms with van der Waals surface area (Å²) >= 11 is 5.79. The van der Waals surface area contributed by atoms with Crippen molar-refractivity contribution in [3.8, 4) is 0 Å². The van der Waals surface area contributed by atoms with Crippen molar-refractivity contribution in [3.05, 3.63) is 34.9 Å². The zero-order valence-electron chi connectivity index (χ0n) is 10.4. The molecule has 0 saturated heterocycles. The lowest BCUT2D eigenvalue weighted by Gasteiger charge is -2.12. The van der Waals surface area contributed by atoms with E-state index in [2.05, 4.69) is 5.32 Å². The molecule has 0 amide bonds. The molecule has 1 saturated carbocycles. The average Bonchev–Trinajstić information content (AvgIpc) is 3.16. The molecule has 1 aliphatic rings. The van der Waals surface area contributed by atoms with Crippen molar-refractivity contribution in [2.24, 2.45) is 5.92 Å². The molecule has 1 aliphatic carbocycles. The molecule has 3 nitrogen and oxygen atoms in total. The molecule has 0 heterocycles. The maximum Gasteiger partial charge on any atom is 0.0897 e. The Bertz CT molecular complexity index is 351. The van der Waals surface area contributed by atoms with Crippen LogP contribution in [-0.4, -0.2) is 30.9 Å². The monoisotopic (exact) mass is 269 g/mol. The van der Waals surface area contributed by atoms with Gasteiger partial charge in [0.2, 0.25) is 0 Å². The number of halogens is 1. The largest absolute Gasteiger partial charge is 0.389 e. The van der Waals surface area contributed by atoms with Crippen molar-refractivity contribution in [2.75, 3.05) is 19.7 Å². The van der Waals surface area contributed by atoms with Crippen LogP contribution in [0.2, 0.25) is 5.02 Å². The third-order valence-electron chi connectivity index (χ3n) is 3.00. The Labute approximate surface area is 113 Å². The van der Waals surface area contributed by atoms with Gasteiger partial charge >= 0.3 is 0 Å². The Hall–Kier alpha value is -0.610. The first-order valence-corrected chi connectivity index (χ1v) is 6.83. The first-order valence-electron chi connectivity index (χ1n) is 6.45. The van der Waals surface area contributed by atoms with Crippen molar-refractivity contribution in [3.63, 3.8) is 0 Å². The van der Waals surface area contributed by atoms with E-state index in [4.69, 9.17) is 16.3 Å². The van der Waals surface area contributed by atoms with E-state index in [1.54, 1.807) is 0 Å². The van der Waals surface area contributed by atoms with Gasteiger partial charge in [-0.1, -0.05) is 23.7 Å². The van der Waals surface area contributed by atoms with E-state index in [-0.39, 0.29) is 0 Å². The number of hydrogen-bond acceptors (Lipinski definition) is 3. The van der Waals surface area contributed by atoms with Gasteiger partial charge in [0, 0.05) is 11.6 Å². The fraction of sp³-hybridized carbons (Fsp3) is 0.571. The topological polar surface area (TPSA) is 41.5 Å². The average molecular weight is 270 g/mol. The van der Waals surface area contributed by atoms with Crippen molar-refractivity contribution >= 4 is 11.6 Å². The molecule has 2 rings (SSSR count). The number of benzene rings is 1. The van der Waals surface area contributed by atoms with Crippen molar-refractivity contribution in [1.29, 1.82) is 0 Å². The maximum absolute atomic E-state index is 9.70. The normalized spacial score (nSPS) is 16.8. The molecule has 0 spiro atoms. The van der Waals surface area contributed by atoms with E-state index < -0.39 is 6.10 Å². The summed E-state index contributed by atoms with van der Waals surface area (Å²) in [5, 5.41) is 13.7. The van der Waals surface area contributed by atoms with Crippen LogP contribution in [0.15, 0.2) is 24.3 Å². The summed E-state index contributed by atoms with van der Waals surface area (Å²) in [5.74, 6) is 0.840. The van der Waals surface area contributed by atoms with Crippen LogP contribution in [-0.2, 0) is 11.3 Å². The van der Waals surface area contributed by atoms with Crippen LogP contribution in [0, 0.1) is 5.92 Å². The first-order chi connectivity index (χ1) is 8.74. The smallest absolute Gasteiger partial charge is 0.0897 e. The molecule has 0 aromatic heterocycles. The number of hydrogen-bond donors (Lipinski definition) is 2. The van der Waals surface area contributed by atoms with Gasteiger partial charge in [-0.15, -0.1) is 0 Å². The van der Waals surface area contributed by atoms with Crippen LogP contribution >= 0.6 is 11.6 Å². The Morgan fingerprint density at radius 3 is 2.72 bits per heavy atom. The Morgan fingerprint density at radius 1 is 1.33 bits per heavy atom. The van der Waals surface area contributed by atoms with Crippen LogP contribution in [0.3, 0.4) is 0 Å². The van der Waals surface area contributed by atoms with Gasteiger partial charge in [0.25, 0.3) is 0 Å². The molecule has 1 fully saturated rings.